The van der Waals surface area contributed by atoms with Crippen molar-refractivity contribution < 1.29 is 17.9 Å². The van der Waals surface area contributed by atoms with Crippen LogP contribution in [0.2, 0.25) is 0 Å². The van der Waals surface area contributed by atoms with Gasteiger partial charge >= 0.3 is 6.18 Å². The maximum absolute atomic E-state index is 12.6. The molecule has 24 heavy (non-hydrogen) atoms. The number of aryl methyl sites for hydroxylation is 1. The van der Waals surface area contributed by atoms with E-state index in [4.69, 9.17) is 4.74 Å². The highest BCUT2D eigenvalue weighted by Gasteiger charge is 2.30. The minimum Gasteiger partial charge on any atom is -0.486 e. The summed E-state index contributed by atoms with van der Waals surface area (Å²) in [5.41, 5.74) is 0.509. The van der Waals surface area contributed by atoms with Crippen molar-refractivity contribution in [1.29, 1.82) is 0 Å². The fourth-order valence-corrected chi connectivity index (χ4v) is 3.97. The Balaban J connectivity index is 0.00000208. The lowest BCUT2D eigenvalue weighted by Crippen LogP contribution is -2.18. The molecule has 0 saturated carbocycles. The van der Waals surface area contributed by atoms with E-state index >= 15 is 0 Å². The molecule has 2 heterocycles. The molecule has 0 spiro atoms. The molecular formula is C17H19ClF3NOS. The first-order valence-corrected chi connectivity index (χ1v) is 8.26. The molecule has 3 rings (SSSR count). The summed E-state index contributed by atoms with van der Waals surface area (Å²) in [6.45, 7) is 3.85. The van der Waals surface area contributed by atoms with Crippen molar-refractivity contribution in [3.05, 3.63) is 51.2 Å². The summed E-state index contributed by atoms with van der Waals surface area (Å²) in [4.78, 5) is 4.75. The van der Waals surface area contributed by atoms with E-state index in [1.165, 1.54) is 21.9 Å². The van der Waals surface area contributed by atoms with E-state index < -0.39 is 11.7 Å². The normalized spacial score (nSPS) is 18.5. The minimum absolute atomic E-state index is 0. The van der Waals surface area contributed by atoms with Crippen molar-refractivity contribution in [2.75, 3.05) is 13.6 Å². The summed E-state index contributed by atoms with van der Waals surface area (Å²) >= 11 is 1.76. The molecule has 0 saturated heterocycles. The van der Waals surface area contributed by atoms with E-state index in [-0.39, 0.29) is 18.5 Å². The molecule has 0 bridgehead atoms. The Morgan fingerprint density at radius 3 is 2.50 bits per heavy atom. The number of hydrogen-bond donors (Lipinski definition) is 0. The largest absolute Gasteiger partial charge is 0.486 e. The van der Waals surface area contributed by atoms with Crippen molar-refractivity contribution >= 4 is 23.7 Å². The van der Waals surface area contributed by atoms with Gasteiger partial charge < -0.3 is 9.64 Å². The van der Waals surface area contributed by atoms with Crippen LogP contribution in [0.15, 0.2) is 30.3 Å². The number of ether oxygens (including phenoxy) is 1. The lowest BCUT2D eigenvalue weighted by molar-refractivity contribution is -0.137. The van der Waals surface area contributed by atoms with Crippen LogP contribution in [0, 0.1) is 6.92 Å². The van der Waals surface area contributed by atoms with E-state index in [0.717, 1.165) is 37.2 Å². The van der Waals surface area contributed by atoms with E-state index in [0.29, 0.717) is 5.75 Å². The Labute approximate surface area is 149 Å². The lowest BCUT2D eigenvalue weighted by atomic mass is 10.1. The van der Waals surface area contributed by atoms with Crippen LogP contribution in [0.25, 0.3) is 0 Å². The third-order valence-corrected chi connectivity index (χ3v) is 5.01. The van der Waals surface area contributed by atoms with Crippen LogP contribution in [0.5, 0.6) is 5.75 Å². The molecule has 2 aromatic rings. The maximum atomic E-state index is 12.6. The number of benzene rings is 1. The van der Waals surface area contributed by atoms with Gasteiger partial charge in [-0.1, -0.05) is 0 Å². The number of hydrogen-bond acceptors (Lipinski definition) is 3. The molecule has 1 aliphatic rings. The predicted molar refractivity (Wildman–Crippen MR) is 92.1 cm³/mol. The maximum Gasteiger partial charge on any atom is 0.416 e. The summed E-state index contributed by atoms with van der Waals surface area (Å²) in [7, 11) is 2.07. The second-order valence-corrected chi connectivity index (χ2v) is 7.23. The molecule has 0 amide bonds. The second kappa shape index (κ2) is 7.33. The fraction of sp³-hybridized carbons (Fsp3) is 0.412. The summed E-state index contributed by atoms with van der Waals surface area (Å²) in [5.74, 6) is 0.474. The van der Waals surface area contributed by atoms with Gasteiger partial charge in [-0.2, -0.15) is 13.2 Å². The zero-order chi connectivity index (χ0) is 16.6. The third kappa shape index (κ3) is 4.23. The zero-order valence-electron chi connectivity index (χ0n) is 13.4. The summed E-state index contributed by atoms with van der Waals surface area (Å²) in [6.07, 6.45) is -3.61. The van der Waals surface area contributed by atoms with Gasteiger partial charge in [0.25, 0.3) is 0 Å². The fourth-order valence-electron chi connectivity index (χ4n) is 2.80. The van der Waals surface area contributed by atoms with Gasteiger partial charge in [-0.25, -0.2) is 0 Å². The average Bonchev–Trinajstić information content (AvgIpc) is 2.77. The van der Waals surface area contributed by atoms with E-state index in [1.807, 2.05) is 0 Å². The Kier molecular flexibility index (Phi) is 5.83. The number of halogens is 4. The lowest BCUT2D eigenvalue weighted by Gasteiger charge is -2.19. The Bertz CT molecular complexity index is 684. The predicted octanol–water partition coefficient (Wildman–Crippen LogP) is 5.45. The van der Waals surface area contributed by atoms with Gasteiger partial charge in [-0.05, 0) is 44.3 Å². The Morgan fingerprint density at radius 1 is 1.21 bits per heavy atom. The number of thiophene rings is 1. The number of fused-ring (bicyclic) bond motifs is 1. The van der Waals surface area contributed by atoms with Crippen molar-refractivity contribution in [2.45, 2.75) is 32.2 Å². The highest BCUT2D eigenvalue weighted by molar-refractivity contribution is 7.12. The molecule has 132 valence electrons. The van der Waals surface area contributed by atoms with Crippen LogP contribution in [0.3, 0.4) is 0 Å². The van der Waals surface area contributed by atoms with Crippen LogP contribution in [0.1, 0.15) is 33.4 Å². The van der Waals surface area contributed by atoms with Gasteiger partial charge in [0.05, 0.1) is 5.56 Å². The first-order chi connectivity index (χ1) is 10.8. The smallest absolute Gasteiger partial charge is 0.416 e. The van der Waals surface area contributed by atoms with Crippen LogP contribution in [-0.4, -0.2) is 18.5 Å². The second-order valence-electron chi connectivity index (χ2n) is 5.89. The van der Waals surface area contributed by atoms with Crippen LogP contribution in [-0.2, 0) is 12.7 Å². The SMILES string of the molecule is Cc1cc2c(s1)CN(C)CCC2Oc1ccc(C(F)(F)F)cc1.Cl. The molecule has 1 unspecified atom stereocenters. The van der Waals surface area contributed by atoms with Gasteiger partial charge in [0.1, 0.15) is 11.9 Å². The summed E-state index contributed by atoms with van der Waals surface area (Å²) in [6, 6.07) is 7.07. The van der Waals surface area contributed by atoms with Crippen molar-refractivity contribution in [3.63, 3.8) is 0 Å². The number of nitrogens with zero attached hydrogens (tertiary/aromatic N) is 1. The van der Waals surface area contributed by atoms with E-state index in [2.05, 4.69) is 24.9 Å². The first kappa shape index (κ1) is 19.1. The summed E-state index contributed by atoms with van der Waals surface area (Å²) < 4.78 is 43.9. The molecule has 1 atom stereocenters. The molecule has 2 nitrogen and oxygen atoms in total. The van der Waals surface area contributed by atoms with Crippen LogP contribution < -0.4 is 4.74 Å². The third-order valence-electron chi connectivity index (χ3n) is 3.96. The minimum atomic E-state index is -4.32. The van der Waals surface area contributed by atoms with E-state index in [1.54, 1.807) is 11.3 Å². The van der Waals surface area contributed by atoms with Gasteiger partial charge in [-0.3, -0.25) is 0 Å². The quantitative estimate of drug-likeness (QED) is 0.689. The van der Waals surface area contributed by atoms with Crippen LogP contribution >= 0.6 is 23.7 Å². The van der Waals surface area contributed by atoms with Gasteiger partial charge in [-0.15, -0.1) is 23.7 Å². The topological polar surface area (TPSA) is 12.5 Å². The molecule has 1 aromatic heterocycles. The molecule has 1 aliphatic heterocycles. The van der Waals surface area contributed by atoms with Gasteiger partial charge in [0, 0.05) is 34.8 Å². The number of rotatable bonds is 2. The van der Waals surface area contributed by atoms with Gasteiger partial charge in [0.15, 0.2) is 0 Å². The zero-order valence-corrected chi connectivity index (χ0v) is 15.0. The van der Waals surface area contributed by atoms with Crippen molar-refractivity contribution in [2.24, 2.45) is 0 Å². The molecule has 7 heteroatoms. The number of alkyl halides is 3. The summed E-state index contributed by atoms with van der Waals surface area (Å²) in [5, 5.41) is 0. The standard InChI is InChI=1S/C17H18F3NOS.ClH/c1-11-9-14-15(7-8-21(2)10-16(14)23-11)22-13-5-3-12(4-6-13)17(18,19)20;/h3-6,9,15H,7-8,10H2,1-2H3;1H. The molecule has 1 aromatic carbocycles. The Hall–Kier alpha value is -1.24. The van der Waals surface area contributed by atoms with Gasteiger partial charge in [0.2, 0.25) is 0 Å². The first-order valence-electron chi connectivity index (χ1n) is 7.44. The Morgan fingerprint density at radius 2 is 1.88 bits per heavy atom. The monoisotopic (exact) mass is 377 g/mol. The van der Waals surface area contributed by atoms with Crippen molar-refractivity contribution in [1.82, 2.24) is 4.90 Å². The molecule has 0 radical (unpaired) electrons. The highest BCUT2D eigenvalue weighted by atomic mass is 35.5. The highest BCUT2D eigenvalue weighted by Crippen LogP contribution is 2.36. The molecule has 0 aliphatic carbocycles. The molecular weight excluding hydrogens is 359 g/mol. The van der Waals surface area contributed by atoms with Crippen LogP contribution in [0.4, 0.5) is 13.2 Å². The molecule has 0 N–H and O–H groups in total. The average molecular weight is 378 g/mol. The van der Waals surface area contributed by atoms with Crippen molar-refractivity contribution in [3.8, 4) is 5.75 Å². The molecule has 0 fully saturated rings. The van der Waals surface area contributed by atoms with E-state index in [9.17, 15) is 13.2 Å².